The number of aliphatic hydroxyl groups excluding tert-OH is 3. The first-order valence-corrected chi connectivity index (χ1v) is 3.82. The van der Waals surface area contributed by atoms with E-state index in [1.165, 1.54) is 0 Å². The molecular weight excluding hydrogens is 148 g/mol. The van der Waals surface area contributed by atoms with Gasteiger partial charge in [-0.1, -0.05) is 6.92 Å². The summed E-state index contributed by atoms with van der Waals surface area (Å²) in [6.45, 7) is 1.96. The van der Waals surface area contributed by atoms with Crippen LogP contribution < -0.4 is 0 Å². The Morgan fingerprint density at radius 1 is 1.36 bits per heavy atom. The normalized spacial score (nSPS) is 45.8. The van der Waals surface area contributed by atoms with Crippen LogP contribution in [0.15, 0.2) is 0 Å². The molecule has 0 amide bonds. The number of aliphatic hydroxyl groups is 3. The molecule has 0 aromatic heterocycles. The van der Waals surface area contributed by atoms with Crippen molar-refractivity contribution in [1.82, 2.24) is 0 Å². The second kappa shape index (κ2) is 3.49. The molecule has 4 unspecified atom stereocenters. The van der Waals surface area contributed by atoms with Gasteiger partial charge >= 0.3 is 0 Å². The first-order chi connectivity index (χ1) is 5.16. The fourth-order valence-corrected chi connectivity index (χ4v) is 1.37. The smallest absolute Gasteiger partial charge is 0.181 e. The summed E-state index contributed by atoms with van der Waals surface area (Å²) < 4.78 is 4.69. The van der Waals surface area contributed by atoms with E-state index >= 15 is 0 Å². The maximum atomic E-state index is 9.27. The average Bonchev–Trinajstić information content (AvgIpc) is 1.99. The quantitative estimate of drug-likeness (QED) is 0.466. The summed E-state index contributed by atoms with van der Waals surface area (Å²) >= 11 is 0. The number of rotatable bonds is 1. The van der Waals surface area contributed by atoms with Crippen molar-refractivity contribution in [2.24, 2.45) is 5.92 Å². The van der Waals surface area contributed by atoms with Crippen LogP contribution >= 0.6 is 0 Å². The second-order valence-corrected chi connectivity index (χ2v) is 2.85. The number of ether oxygens (including phenoxy) is 1. The van der Waals surface area contributed by atoms with Gasteiger partial charge in [0.2, 0.25) is 0 Å². The van der Waals surface area contributed by atoms with E-state index in [4.69, 9.17) is 5.11 Å². The molecule has 4 atom stereocenters. The lowest BCUT2D eigenvalue weighted by Gasteiger charge is -2.34. The summed E-state index contributed by atoms with van der Waals surface area (Å²) in [7, 11) is 0. The molecule has 0 spiro atoms. The number of hydrogen-bond donors (Lipinski definition) is 3. The highest BCUT2D eigenvalue weighted by atomic mass is 16.6. The molecule has 4 nitrogen and oxygen atoms in total. The van der Waals surface area contributed by atoms with Crippen molar-refractivity contribution in [2.45, 2.75) is 31.8 Å². The Morgan fingerprint density at radius 3 is 2.45 bits per heavy atom. The predicted molar refractivity (Wildman–Crippen MR) is 37.8 cm³/mol. The van der Waals surface area contributed by atoms with Crippen LogP contribution in [0.25, 0.3) is 0 Å². The lowest BCUT2D eigenvalue weighted by atomic mass is 9.91. The Kier molecular flexibility index (Phi) is 2.84. The molecule has 0 radical (unpaired) electrons. The van der Waals surface area contributed by atoms with Crippen LogP contribution in [-0.4, -0.2) is 40.4 Å². The van der Waals surface area contributed by atoms with Gasteiger partial charge < -0.3 is 20.1 Å². The topological polar surface area (TPSA) is 69.9 Å². The van der Waals surface area contributed by atoms with Gasteiger partial charge in [0.15, 0.2) is 6.29 Å². The van der Waals surface area contributed by atoms with Crippen LogP contribution in [0, 0.1) is 5.92 Å². The van der Waals surface area contributed by atoms with Crippen molar-refractivity contribution < 1.29 is 20.1 Å². The zero-order chi connectivity index (χ0) is 8.43. The molecule has 0 bridgehead atoms. The van der Waals surface area contributed by atoms with Gasteiger partial charge in [-0.05, 0) is 6.42 Å². The second-order valence-electron chi connectivity index (χ2n) is 2.85. The van der Waals surface area contributed by atoms with E-state index in [0.29, 0.717) is 6.42 Å². The molecule has 66 valence electrons. The Morgan fingerprint density at radius 2 is 2.00 bits per heavy atom. The van der Waals surface area contributed by atoms with Crippen LogP contribution in [0.4, 0.5) is 0 Å². The average molecular weight is 162 g/mol. The zero-order valence-corrected chi connectivity index (χ0v) is 6.47. The van der Waals surface area contributed by atoms with E-state index in [1.54, 1.807) is 0 Å². The third kappa shape index (κ3) is 1.70. The maximum absolute atomic E-state index is 9.27. The largest absolute Gasteiger partial charge is 0.390 e. The molecule has 1 rings (SSSR count). The molecule has 4 heteroatoms. The highest BCUT2D eigenvalue weighted by Gasteiger charge is 2.36. The van der Waals surface area contributed by atoms with Crippen molar-refractivity contribution in [3.05, 3.63) is 0 Å². The van der Waals surface area contributed by atoms with Gasteiger partial charge in [0.1, 0.15) is 6.10 Å². The minimum absolute atomic E-state index is 0.108. The Bertz CT molecular complexity index is 128. The summed E-state index contributed by atoms with van der Waals surface area (Å²) in [5, 5.41) is 27.5. The molecule has 1 aliphatic rings. The SMILES string of the molecule is CCC1C(O)COC(O)C1O. The molecule has 3 N–H and O–H groups in total. The Hall–Kier alpha value is -0.160. The van der Waals surface area contributed by atoms with Crippen molar-refractivity contribution in [1.29, 1.82) is 0 Å². The highest BCUT2D eigenvalue weighted by molar-refractivity contribution is 4.80. The lowest BCUT2D eigenvalue weighted by molar-refractivity contribution is -0.236. The van der Waals surface area contributed by atoms with Crippen molar-refractivity contribution in [3.8, 4) is 0 Å². The fraction of sp³-hybridized carbons (Fsp3) is 1.00. The third-order valence-corrected chi connectivity index (χ3v) is 2.13. The van der Waals surface area contributed by atoms with Gasteiger partial charge in [0.25, 0.3) is 0 Å². The van der Waals surface area contributed by atoms with Crippen LogP contribution in [0.5, 0.6) is 0 Å². The molecule has 1 aliphatic heterocycles. The van der Waals surface area contributed by atoms with Gasteiger partial charge in [-0.25, -0.2) is 0 Å². The van der Waals surface area contributed by atoms with Crippen molar-refractivity contribution in [2.75, 3.05) is 6.61 Å². The van der Waals surface area contributed by atoms with E-state index in [9.17, 15) is 10.2 Å². The molecular formula is C7H14O4. The van der Waals surface area contributed by atoms with Crippen LogP contribution in [0.3, 0.4) is 0 Å². The maximum Gasteiger partial charge on any atom is 0.181 e. The van der Waals surface area contributed by atoms with Crippen molar-refractivity contribution >= 4 is 0 Å². The summed E-state index contributed by atoms with van der Waals surface area (Å²) in [4.78, 5) is 0. The van der Waals surface area contributed by atoms with E-state index in [2.05, 4.69) is 4.74 Å². The highest BCUT2D eigenvalue weighted by Crippen LogP contribution is 2.22. The van der Waals surface area contributed by atoms with E-state index in [-0.39, 0.29) is 12.5 Å². The predicted octanol–water partition coefficient (Wildman–Crippen LogP) is -0.917. The Labute approximate surface area is 65.4 Å². The van der Waals surface area contributed by atoms with Gasteiger partial charge in [0, 0.05) is 5.92 Å². The van der Waals surface area contributed by atoms with Crippen LogP contribution in [0.1, 0.15) is 13.3 Å². The number of hydrogen-bond acceptors (Lipinski definition) is 4. The van der Waals surface area contributed by atoms with Gasteiger partial charge in [-0.3, -0.25) is 0 Å². The fourth-order valence-electron chi connectivity index (χ4n) is 1.37. The first-order valence-electron chi connectivity index (χ1n) is 3.82. The summed E-state index contributed by atoms with van der Waals surface area (Å²) in [6, 6.07) is 0. The molecule has 0 aromatic rings. The van der Waals surface area contributed by atoms with Crippen molar-refractivity contribution in [3.63, 3.8) is 0 Å². The molecule has 1 saturated heterocycles. The van der Waals surface area contributed by atoms with E-state index in [0.717, 1.165) is 0 Å². The summed E-state index contributed by atoms with van der Waals surface area (Å²) in [5.74, 6) is -0.265. The monoisotopic (exact) mass is 162 g/mol. The molecule has 1 heterocycles. The Balaban J connectivity index is 2.55. The standard InChI is InChI=1S/C7H14O4/c1-2-4-5(8)3-11-7(10)6(4)9/h4-10H,2-3H2,1H3. The minimum Gasteiger partial charge on any atom is -0.390 e. The first kappa shape index (κ1) is 8.93. The summed E-state index contributed by atoms with van der Waals surface area (Å²) in [5.41, 5.74) is 0. The van der Waals surface area contributed by atoms with E-state index < -0.39 is 18.5 Å². The molecule has 0 aliphatic carbocycles. The molecule has 0 aromatic carbocycles. The van der Waals surface area contributed by atoms with E-state index in [1.807, 2.05) is 6.92 Å². The summed E-state index contributed by atoms with van der Waals surface area (Å²) in [6.07, 6.45) is -2.10. The van der Waals surface area contributed by atoms with Crippen LogP contribution in [0.2, 0.25) is 0 Å². The molecule has 11 heavy (non-hydrogen) atoms. The van der Waals surface area contributed by atoms with Gasteiger partial charge in [-0.2, -0.15) is 0 Å². The minimum atomic E-state index is -1.14. The third-order valence-electron chi connectivity index (χ3n) is 2.13. The van der Waals surface area contributed by atoms with Crippen LogP contribution in [-0.2, 0) is 4.74 Å². The van der Waals surface area contributed by atoms with Gasteiger partial charge in [0.05, 0.1) is 12.7 Å². The molecule has 1 fully saturated rings. The van der Waals surface area contributed by atoms with Gasteiger partial charge in [-0.15, -0.1) is 0 Å². The lowest BCUT2D eigenvalue weighted by Crippen LogP contribution is -2.48. The molecule has 0 saturated carbocycles. The zero-order valence-electron chi connectivity index (χ0n) is 6.47.